The fraction of sp³-hybridized carbons (Fsp3) is 0.222. The molecule has 2 heterocycles. The van der Waals surface area contributed by atoms with Crippen LogP contribution in [0.15, 0.2) is 47.0 Å². The summed E-state index contributed by atoms with van der Waals surface area (Å²) in [6.07, 6.45) is 0. The van der Waals surface area contributed by atoms with Crippen LogP contribution in [0.5, 0.6) is 0 Å². The van der Waals surface area contributed by atoms with Gasteiger partial charge < -0.3 is 14.7 Å². The first-order valence-electron chi connectivity index (χ1n) is 7.85. The van der Waals surface area contributed by atoms with Crippen molar-refractivity contribution >= 4 is 11.7 Å². The van der Waals surface area contributed by atoms with Gasteiger partial charge in [-0.3, -0.25) is 4.79 Å². The third-order valence-corrected chi connectivity index (χ3v) is 3.55. The number of rotatable bonds is 5. The van der Waals surface area contributed by atoms with Crippen molar-refractivity contribution in [2.45, 2.75) is 13.5 Å². The Bertz CT molecular complexity index is 874. The van der Waals surface area contributed by atoms with E-state index in [1.165, 1.54) is 0 Å². The van der Waals surface area contributed by atoms with Gasteiger partial charge in [0.2, 0.25) is 0 Å². The van der Waals surface area contributed by atoms with Crippen LogP contribution in [0.4, 0.5) is 5.82 Å². The van der Waals surface area contributed by atoms with Gasteiger partial charge in [-0.05, 0) is 6.92 Å². The van der Waals surface area contributed by atoms with E-state index in [2.05, 4.69) is 20.4 Å². The smallest absolute Gasteiger partial charge is 0.273 e. The monoisotopic (exact) mass is 337 g/mol. The Kier molecular flexibility index (Phi) is 4.74. The van der Waals surface area contributed by atoms with E-state index in [-0.39, 0.29) is 18.1 Å². The van der Waals surface area contributed by atoms with Crippen LogP contribution in [0.3, 0.4) is 0 Å². The summed E-state index contributed by atoms with van der Waals surface area (Å²) in [5.74, 6) is 1.56. The lowest BCUT2D eigenvalue weighted by Gasteiger charge is -2.13. The van der Waals surface area contributed by atoms with Crippen molar-refractivity contribution in [1.82, 2.24) is 20.4 Å². The second-order valence-corrected chi connectivity index (χ2v) is 5.80. The number of hydrogen-bond acceptors (Lipinski definition) is 6. The second-order valence-electron chi connectivity index (χ2n) is 5.80. The number of amides is 1. The lowest BCUT2D eigenvalue weighted by atomic mass is 10.1. The summed E-state index contributed by atoms with van der Waals surface area (Å²) in [6.45, 7) is 2.11. The van der Waals surface area contributed by atoms with Gasteiger partial charge in [0.05, 0.1) is 6.54 Å². The van der Waals surface area contributed by atoms with Crippen molar-refractivity contribution in [3.05, 3.63) is 59.7 Å². The molecule has 0 bridgehead atoms. The molecular formula is C18H19N5O2. The number of anilines is 1. The first kappa shape index (κ1) is 16.6. The van der Waals surface area contributed by atoms with E-state index in [0.717, 1.165) is 17.1 Å². The number of hydrogen-bond donors (Lipinski definition) is 1. The van der Waals surface area contributed by atoms with Crippen molar-refractivity contribution in [2.75, 3.05) is 19.0 Å². The highest BCUT2D eigenvalue weighted by molar-refractivity contribution is 5.92. The maximum atomic E-state index is 12.3. The summed E-state index contributed by atoms with van der Waals surface area (Å²) in [5, 5.41) is 6.60. The molecule has 1 N–H and O–H groups in total. The zero-order valence-electron chi connectivity index (χ0n) is 14.4. The zero-order valence-corrected chi connectivity index (χ0v) is 14.4. The summed E-state index contributed by atoms with van der Waals surface area (Å²) < 4.78 is 5.24. The number of nitrogens with one attached hydrogen (secondary N) is 1. The molecule has 1 aromatic carbocycles. The molecule has 0 aliphatic rings. The maximum absolute atomic E-state index is 12.3. The van der Waals surface area contributed by atoms with E-state index < -0.39 is 0 Å². The Hall–Kier alpha value is -3.22. The van der Waals surface area contributed by atoms with Gasteiger partial charge in [-0.1, -0.05) is 35.5 Å². The van der Waals surface area contributed by atoms with Crippen LogP contribution >= 0.6 is 0 Å². The van der Waals surface area contributed by atoms with Crippen LogP contribution in [0.2, 0.25) is 0 Å². The van der Waals surface area contributed by atoms with Crippen molar-refractivity contribution < 1.29 is 9.32 Å². The van der Waals surface area contributed by atoms with Crippen LogP contribution in [0, 0.1) is 6.92 Å². The lowest BCUT2D eigenvalue weighted by molar-refractivity contribution is 0.0941. The first-order chi connectivity index (χ1) is 12.0. The lowest BCUT2D eigenvalue weighted by Crippen LogP contribution is -2.25. The number of aromatic nitrogens is 3. The normalized spacial score (nSPS) is 10.5. The predicted octanol–water partition coefficient (Wildman–Crippen LogP) is 2.44. The molecule has 7 heteroatoms. The molecule has 0 atom stereocenters. The number of benzene rings is 1. The topological polar surface area (TPSA) is 84.2 Å². The van der Waals surface area contributed by atoms with E-state index in [9.17, 15) is 4.79 Å². The molecule has 0 aliphatic carbocycles. The Balaban J connectivity index is 1.68. The number of aryl methyl sites for hydroxylation is 1. The van der Waals surface area contributed by atoms with Gasteiger partial charge in [-0.15, -0.1) is 0 Å². The molecule has 0 unspecified atom stereocenters. The molecule has 7 nitrogen and oxygen atoms in total. The molecule has 0 saturated carbocycles. The van der Waals surface area contributed by atoms with Gasteiger partial charge in [-0.25, -0.2) is 9.97 Å². The summed E-state index contributed by atoms with van der Waals surface area (Å²) in [4.78, 5) is 22.9. The van der Waals surface area contributed by atoms with Gasteiger partial charge in [0.1, 0.15) is 11.6 Å². The van der Waals surface area contributed by atoms with Gasteiger partial charge in [0.25, 0.3) is 5.91 Å². The van der Waals surface area contributed by atoms with Gasteiger partial charge in [-0.2, -0.15) is 0 Å². The van der Waals surface area contributed by atoms with Crippen molar-refractivity contribution in [3.8, 4) is 11.3 Å². The van der Waals surface area contributed by atoms with E-state index >= 15 is 0 Å². The van der Waals surface area contributed by atoms with Crippen molar-refractivity contribution in [2.24, 2.45) is 0 Å². The molecular weight excluding hydrogens is 318 g/mol. The predicted molar refractivity (Wildman–Crippen MR) is 94.2 cm³/mol. The summed E-state index contributed by atoms with van der Waals surface area (Å²) in [6, 6.07) is 13.0. The Morgan fingerprint density at radius 2 is 1.92 bits per heavy atom. The minimum atomic E-state index is -0.331. The van der Waals surface area contributed by atoms with E-state index in [1.807, 2.05) is 62.3 Å². The third kappa shape index (κ3) is 4.00. The van der Waals surface area contributed by atoms with E-state index in [1.54, 1.807) is 6.07 Å². The first-order valence-corrected chi connectivity index (χ1v) is 7.85. The van der Waals surface area contributed by atoms with Crippen LogP contribution < -0.4 is 10.2 Å². The second kappa shape index (κ2) is 7.12. The van der Waals surface area contributed by atoms with Gasteiger partial charge >= 0.3 is 0 Å². The number of nitrogens with zero attached hydrogens (tertiary/aromatic N) is 4. The fourth-order valence-corrected chi connectivity index (χ4v) is 2.29. The van der Waals surface area contributed by atoms with Crippen LogP contribution in [0.25, 0.3) is 11.3 Å². The van der Waals surface area contributed by atoms with Crippen molar-refractivity contribution in [3.63, 3.8) is 0 Å². The highest BCUT2D eigenvalue weighted by Gasteiger charge is 2.14. The Morgan fingerprint density at radius 3 is 2.64 bits per heavy atom. The minimum Gasteiger partial charge on any atom is -0.363 e. The SMILES string of the molecule is Cc1cc(N(C)C)nc(CNC(=O)c2cc(-c3ccccc3)on2)n1. The highest BCUT2D eigenvalue weighted by Crippen LogP contribution is 2.19. The number of carbonyl (C=O) groups is 1. The van der Waals surface area contributed by atoms with Crippen LogP contribution in [-0.2, 0) is 6.54 Å². The Labute approximate surface area is 145 Å². The molecule has 0 spiro atoms. The van der Waals surface area contributed by atoms with Crippen LogP contribution in [-0.4, -0.2) is 35.1 Å². The maximum Gasteiger partial charge on any atom is 0.273 e. The molecule has 2 aromatic heterocycles. The van der Waals surface area contributed by atoms with E-state index in [0.29, 0.717) is 11.6 Å². The molecule has 25 heavy (non-hydrogen) atoms. The molecule has 3 aromatic rings. The molecule has 1 amide bonds. The molecule has 0 fully saturated rings. The molecule has 0 aliphatic heterocycles. The van der Waals surface area contributed by atoms with Crippen molar-refractivity contribution in [1.29, 1.82) is 0 Å². The summed E-state index contributed by atoms with van der Waals surface area (Å²) in [5.41, 5.74) is 1.93. The standard InChI is InChI=1S/C18H19N5O2/c1-12-9-17(23(2)3)21-16(20-12)11-19-18(24)14-10-15(25-22-14)13-7-5-4-6-8-13/h4-10H,11H2,1-3H3,(H,19,24). The van der Waals surface area contributed by atoms with Crippen LogP contribution in [0.1, 0.15) is 22.0 Å². The third-order valence-electron chi connectivity index (χ3n) is 3.55. The van der Waals surface area contributed by atoms with Gasteiger partial charge in [0.15, 0.2) is 11.5 Å². The quantitative estimate of drug-likeness (QED) is 0.770. The Morgan fingerprint density at radius 1 is 1.16 bits per heavy atom. The van der Waals surface area contributed by atoms with Gasteiger partial charge in [0, 0.05) is 37.5 Å². The van der Waals surface area contributed by atoms with E-state index in [4.69, 9.17) is 4.52 Å². The average Bonchev–Trinajstić information content (AvgIpc) is 3.10. The molecule has 0 radical (unpaired) electrons. The molecule has 0 saturated heterocycles. The highest BCUT2D eigenvalue weighted by atomic mass is 16.5. The molecule has 3 rings (SSSR count). The minimum absolute atomic E-state index is 0.217. The summed E-state index contributed by atoms with van der Waals surface area (Å²) >= 11 is 0. The summed E-state index contributed by atoms with van der Waals surface area (Å²) in [7, 11) is 3.81. The zero-order chi connectivity index (χ0) is 17.8. The number of carbonyl (C=O) groups excluding carboxylic acids is 1. The average molecular weight is 337 g/mol. The largest absolute Gasteiger partial charge is 0.363 e. The molecule has 128 valence electrons. The fourth-order valence-electron chi connectivity index (χ4n) is 2.29.